The summed E-state index contributed by atoms with van der Waals surface area (Å²) in [7, 11) is 0. The Morgan fingerprint density at radius 3 is 2.58 bits per heavy atom. The number of benzene rings is 1. The third kappa shape index (κ3) is 5.10. The van der Waals surface area contributed by atoms with E-state index in [1.165, 1.54) is 0 Å². The molecule has 0 unspecified atom stereocenters. The van der Waals surface area contributed by atoms with Crippen molar-refractivity contribution in [2.45, 2.75) is 20.0 Å². The highest BCUT2D eigenvalue weighted by atomic mass is 16.5. The highest BCUT2D eigenvalue weighted by molar-refractivity contribution is 5.95. The van der Waals surface area contributed by atoms with E-state index >= 15 is 0 Å². The molecule has 0 atom stereocenters. The standard InChI is InChI=1S/C23H27N5O3/c1-18-7-10-27(12-11-26-13-15-31-16-14-26)23(30)21(18)22(29)24-17-19-3-5-20(6-4-19)28-9-2-8-25-28/h2-10H,11-17H2,1H3,(H,24,29). The van der Waals surface area contributed by atoms with Crippen LogP contribution in [0.3, 0.4) is 0 Å². The molecule has 3 heterocycles. The second-order valence-electron chi connectivity index (χ2n) is 7.63. The van der Waals surface area contributed by atoms with Crippen molar-refractivity contribution < 1.29 is 9.53 Å². The summed E-state index contributed by atoms with van der Waals surface area (Å²) in [4.78, 5) is 28.0. The van der Waals surface area contributed by atoms with Crippen molar-refractivity contribution >= 4 is 5.91 Å². The van der Waals surface area contributed by atoms with E-state index in [9.17, 15) is 9.59 Å². The molecule has 0 radical (unpaired) electrons. The first-order chi connectivity index (χ1) is 15.1. The lowest BCUT2D eigenvalue weighted by Crippen LogP contribution is -2.40. The number of hydrogen-bond acceptors (Lipinski definition) is 5. The van der Waals surface area contributed by atoms with Crippen molar-refractivity contribution in [3.63, 3.8) is 0 Å². The summed E-state index contributed by atoms with van der Waals surface area (Å²) < 4.78 is 8.76. The summed E-state index contributed by atoms with van der Waals surface area (Å²) >= 11 is 0. The molecule has 0 spiro atoms. The highest BCUT2D eigenvalue weighted by Gasteiger charge is 2.17. The number of amides is 1. The number of morpholine rings is 1. The quantitative estimate of drug-likeness (QED) is 0.627. The van der Waals surface area contributed by atoms with Gasteiger partial charge < -0.3 is 14.6 Å². The van der Waals surface area contributed by atoms with Gasteiger partial charge in [-0.05, 0) is 42.3 Å². The summed E-state index contributed by atoms with van der Waals surface area (Å²) in [6.07, 6.45) is 5.37. The van der Waals surface area contributed by atoms with Crippen LogP contribution in [0.5, 0.6) is 0 Å². The van der Waals surface area contributed by atoms with Crippen LogP contribution in [-0.4, -0.2) is 58.0 Å². The summed E-state index contributed by atoms with van der Waals surface area (Å²) in [5.41, 5.74) is 2.53. The fraction of sp³-hybridized carbons (Fsp3) is 0.348. The van der Waals surface area contributed by atoms with Crippen LogP contribution in [-0.2, 0) is 17.8 Å². The van der Waals surface area contributed by atoms with Gasteiger partial charge in [0.2, 0.25) is 0 Å². The highest BCUT2D eigenvalue weighted by Crippen LogP contribution is 2.09. The maximum Gasteiger partial charge on any atom is 0.263 e. The molecule has 8 nitrogen and oxygen atoms in total. The average Bonchev–Trinajstić information content (AvgIpc) is 3.33. The summed E-state index contributed by atoms with van der Waals surface area (Å²) in [5.74, 6) is -0.348. The van der Waals surface area contributed by atoms with Crippen LogP contribution in [0.2, 0.25) is 0 Å². The predicted octanol–water partition coefficient (Wildman–Crippen LogP) is 1.60. The van der Waals surface area contributed by atoms with Gasteiger partial charge in [0.15, 0.2) is 0 Å². The van der Waals surface area contributed by atoms with Gasteiger partial charge in [0.05, 0.1) is 18.9 Å². The molecule has 1 aromatic carbocycles. The Morgan fingerprint density at radius 1 is 1.10 bits per heavy atom. The van der Waals surface area contributed by atoms with E-state index in [0.29, 0.717) is 18.7 Å². The Hall–Kier alpha value is -3.23. The van der Waals surface area contributed by atoms with Gasteiger partial charge in [0.25, 0.3) is 11.5 Å². The van der Waals surface area contributed by atoms with E-state index in [1.54, 1.807) is 28.6 Å². The van der Waals surface area contributed by atoms with Crippen LogP contribution in [0, 0.1) is 6.92 Å². The second kappa shape index (κ2) is 9.72. The fourth-order valence-electron chi connectivity index (χ4n) is 3.65. The molecule has 1 saturated heterocycles. The van der Waals surface area contributed by atoms with Crippen LogP contribution < -0.4 is 10.9 Å². The molecular weight excluding hydrogens is 394 g/mol. The number of nitrogens with one attached hydrogen (secondary N) is 1. The lowest BCUT2D eigenvalue weighted by Gasteiger charge is -2.26. The van der Waals surface area contributed by atoms with Gasteiger partial charge in [-0.2, -0.15) is 5.10 Å². The topological polar surface area (TPSA) is 81.4 Å². The van der Waals surface area contributed by atoms with Gasteiger partial charge in [0, 0.05) is 51.3 Å². The minimum Gasteiger partial charge on any atom is -0.379 e. The molecule has 8 heteroatoms. The Balaban J connectivity index is 1.40. The summed E-state index contributed by atoms with van der Waals surface area (Å²) in [6, 6.07) is 11.5. The average molecular weight is 422 g/mol. The number of hydrogen-bond donors (Lipinski definition) is 1. The largest absolute Gasteiger partial charge is 0.379 e. The van der Waals surface area contributed by atoms with Crippen molar-refractivity contribution in [1.82, 2.24) is 24.6 Å². The van der Waals surface area contributed by atoms with Crippen molar-refractivity contribution in [3.8, 4) is 5.69 Å². The molecule has 0 bridgehead atoms. The number of aromatic nitrogens is 3. The first-order valence-corrected chi connectivity index (χ1v) is 10.5. The summed E-state index contributed by atoms with van der Waals surface area (Å²) in [6.45, 7) is 6.63. The van der Waals surface area contributed by atoms with Crippen LogP contribution >= 0.6 is 0 Å². The number of ether oxygens (including phenoxy) is 1. The zero-order valence-electron chi connectivity index (χ0n) is 17.7. The van der Waals surface area contributed by atoms with Gasteiger partial charge >= 0.3 is 0 Å². The van der Waals surface area contributed by atoms with Gasteiger partial charge in [-0.25, -0.2) is 4.68 Å². The lowest BCUT2D eigenvalue weighted by atomic mass is 10.1. The number of carbonyl (C=O) groups is 1. The van der Waals surface area contributed by atoms with Crippen LogP contribution in [0.1, 0.15) is 21.5 Å². The maximum absolute atomic E-state index is 12.9. The lowest BCUT2D eigenvalue weighted by molar-refractivity contribution is 0.0362. The van der Waals surface area contributed by atoms with Crippen LogP contribution in [0.25, 0.3) is 5.69 Å². The Morgan fingerprint density at radius 2 is 1.87 bits per heavy atom. The molecular formula is C23H27N5O3. The van der Waals surface area contributed by atoms with E-state index in [0.717, 1.165) is 44.1 Å². The van der Waals surface area contributed by atoms with E-state index in [4.69, 9.17) is 4.74 Å². The first-order valence-electron chi connectivity index (χ1n) is 10.5. The number of aryl methyl sites for hydroxylation is 1. The molecule has 31 heavy (non-hydrogen) atoms. The molecule has 162 valence electrons. The molecule has 4 rings (SSSR count). The predicted molar refractivity (Wildman–Crippen MR) is 117 cm³/mol. The molecule has 1 amide bonds. The van der Waals surface area contributed by atoms with Gasteiger partial charge in [0.1, 0.15) is 5.56 Å². The normalized spacial score (nSPS) is 14.5. The molecule has 2 aromatic heterocycles. The van der Waals surface area contributed by atoms with E-state index in [-0.39, 0.29) is 17.0 Å². The molecule has 0 saturated carbocycles. The van der Waals surface area contributed by atoms with Gasteiger partial charge in [-0.15, -0.1) is 0 Å². The third-order valence-corrected chi connectivity index (χ3v) is 5.52. The minimum atomic E-state index is -0.348. The zero-order valence-corrected chi connectivity index (χ0v) is 17.7. The van der Waals surface area contributed by atoms with Gasteiger partial charge in [-0.3, -0.25) is 14.5 Å². The van der Waals surface area contributed by atoms with Crippen molar-refractivity contribution in [2.24, 2.45) is 0 Å². The zero-order chi connectivity index (χ0) is 21.6. The SMILES string of the molecule is Cc1ccn(CCN2CCOCC2)c(=O)c1C(=O)NCc1ccc(-n2cccn2)cc1. The monoisotopic (exact) mass is 421 g/mol. The van der Waals surface area contributed by atoms with Crippen LogP contribution in [0.15, 0.2) is 59.8 Å². The van der Waals surface area contributed by atoms with Crippen molar-refractivity contribution in [3.05, 3.63) is 82.0 Å². The Kier molecular flexibility index (Phi) is 6.59. The van der Waals surface area contributed by atoms with E-state index in [1.807, 2.05) is 42.6 Å². The third-order valence-electron chi connectivity index (χ3n) is 5.52. The smallest absolute Gasteiger partial charge is 0.263 e. The molecule has 1 aliphatic rings. The number of nitrogens with zero attached hydrogens (tertiary/aromatic N) is 4. The van der Waals surface area contributed by atoms with E-state index < -0.39 is 0 Å². The van der Waals surface area contributed by atoms with Gasteiger partial charge in [-0.1, -0.05) is 12.1 Å². The number of carbonyl (C=O) groups excluding carboxylic acids is 1. The molecule has 0 aliphatic carbocycles. The molecule has 1 aliphatic heterocycles. The Bertz CT molecular complexity index is 1070. The minimum absolute atomic E-state index is 0.206. The first kappa shape index (κ1) is 21.0. The van der Waals surface area contributed by atoms with Crippen LogP contribution in [0.4, 0.5) is 0 Å². The molecule has 3 aromatic rings. The van der Waals surface area contributed by atoms with Crippen molar-refractivity contribution in [1.29, 1.82) is 0 Å². The number of pyridine rings is 1. The van der Waals surface area contributed by atoms with E-state index in [2.05, 4.69) is 15.3 Å². The Labute approximate surface area is 181 Å². The van der Waals surface area contributed by atoms with Crippen molar-refractivity contribution in [2.75, 3.05) is 32.8 Å². The summed E-state index contributed by atoms with van der Waals surface area (Å²) in [5, 5.41) is 7.09. The maximum atomic E-state index is 12.9. The molecule has 1 N–H and O–H groups in total. The number of rotatable bonds is 7. The second-order valence-corrected chi connectivity index (χ2v) is 7.63. The molecule has 1 fully saturated rings. The fourth-order valence-corrected chi connectivity index (χ4v) is 3.65.